The Morgan fingerprint density at radius 3 is 2.26 bits per heavy atom. The standard InChI is InChI=1S/C17H19F2NO3/c18-13-2-1-3-14(19)15(13)11-8-12(11)16(21)20-10-6-4-9(5-7-10)17(22)23/h1-3,9-12H,4-8H2,(H,20,21)(H,22,23)/t9?,10?,11-,12+/m1/s1. The van der Waals surface area contributed by atoms with Gasteiger partial charge in [-0.15, -0.1) is 0 Å². The van der Waals surface area contributed by atoms with Crippen LogP contribution in [0, 0.1) is 23.5 Å². The van der Waals surface area contributed by atoms with E-state index < -0.39 is 29.4 Å². The van der Waals surface area contributed by atoms with Crippen LogP contribution in [0.2, 0.25) is 0 Å². The van der Waals surface area contributed by atoms with Crippen LogP contribution in [-0.2, 0) is 9.59 Å². The maximum absolute atomic E-state index is 13.7. The lowest BCUT2D eigenvalue weighted by Gasteiger charge is -2.26. The van der Waals surface area contributed by atoms with E-state index in [9.17, 15) is 18.4 Å². The summed E-state index contributed by atoms with van der Waals surface area (Å²) in [5.74, 6) is -3.29. The van der Waals surface area contributed by atoms with Gasteiger partial charge in [-0.05, 0) is 44.2 Å². The molecule has 3 rings (SSSR count). The third-order valence-electron chi connectivity index (χ3n) is 4.92. The van der Waals surface area contributed by atoms with Crippen LogP contribution in [0.1, 0.15) is 43.6 Å². The van der Waals surface area contributed by atoms with E-state index in [-0.39, 0.29) is 23.4 Å². The zero-order valence-electron chi connectivity index (χ0n) is 12.6. The van der Waals surface area contributed by atoms with Gasteiger partial charge < -0.3 is 10.4 Å². The van der Waals surface area contributed by atoms with E-state index in [4.69, 9.17) is 5.11 Å². The largest absolute Gasteiger partial charge is 0.481 e. The Kier molecular flexibility index (Phi) is 4.33. The highest BCUT2D eigenvalue weighted by Gasteiger charge is 2.47. The molecule has 2 aliphatic rings. The van der Waals surface area contributed by atoms with Crippen LogP contribution < -0.4 is 5.32 Å². The molecule has 6 heteroatoms. The van der Waals surface area contributed by atoms with E-state index >= 15 is 0 Å². The molecule has 0 aromatic heterocycles. The fourth-order valence-electron chi connectivity index (χ4n) is 3.46. The number of benzene rings is 1. The third-order valence-corrected chi connectivity index (χ3v) is 4.92. The van der Waals surface area contributed by atoms with Crippen molar-refractivity contribution >= 4 is 11.9 Å². The number of halogens is 2. The van der Waals surface area contributed by atoms with Crippen LogP contribution in [-0.4, -0.2) is 23.0 Å². The van der Waals surface area contributed by atoms with Crippen molar-refractivity contribution in [2.24, 2.45) is 11.8 Å². The van der Waals surface area contributed by atoms with Gasteiger partial charge in [0.15, 0.2) is 0 Å². The molecule has 0 unspecified atom stereocenters. The predicted molar refractivity (Wildman–Crippen MR) is 78.7 cm³/mol. The average Bonchev–Trinajstić information content (AvgIpc) is 3.28. The van der Waals surface area contributed by atoms with Gasteiger partial charge in [-0.3, -0.25) is 9.59 Å². The molecule has 2 fully saturated rings. The first-order valence-corrected chi connectivity index (χ1v) is 7.94. The monoisotopic (exact) mass is 323 g/mol. The second-order valence-electron chi connectivity index (χ2n) is 6.48. The molecule has 2 N–H and O–H groups in total. The number of amides is 1. The first-order chi connectivity index (χ1) is 11.0. The van der Waals surface area contributed by atoms with Gasteiger partial charge >= 0.3 is 5.97 Å². The summed E-state index contributed by atoms with van der Waals surface area (Å²) in [6, 6.07) is 3.69. The lowest BCUT2D eigenvalue weighted by molar-refractivity contribution is -0.142. The molecule has 0 spiro atoms. The predicted octanol–water partition coefficient (Wildman–Crippen LogP) is 2.83. The van der Waals surface area contributed by atoms with Crippen LogP contribution >= 0.6 is 0 Å². The van der Waals surface area contributed by atoms with Crippen LogP contribution in [0.4, 0.5) is 8.78 Å². The Bertz CT molecular complexity index is 606. The highest BCUT2D eigenvalue weighted by Crippen LogP contribution is 2.49. The summed E-state index contributed by atoms with van der Waals surface area (Å²) >= 11 is 0. The zero-order valence-corrected chi connectivity index (χ0v) is 12.6. The molecule has 2 saturated carbocycles. The molecule has 0 aliphatic heterocycles. The molecule has 2 atom stereocenters. The van der Waals surface area contributed by atoms with Crippen LogP contribution in [0.15, 0.2) is 18.2 Å². The van der Waals surface area contributed by atoms with Crippen molar-refractivity contribution in [3.63, 3.8) is 0 Å². The number of carboxylic acids is 1. The maximum atomic E-state index is 13.7. The third kappa shape index (κ3) is 3.35. The minimum absolute atomic E-state index is 0.00207. The van der Waals surface area contributed by atoms with Gasteiger partial charge in [0.2, 0.25) is 5.91 Å². The highest BCUT2D eigenvalue weighted by atomic mass is 19.1. The summed E-state index contributed by atoms with van der Waals surface area (Å²) in [4.78, 5) is 23.1. The van der Waals surface area contributed by atoms with E-state index in [0.717, 1.165) is 0 Å². The van der Waals surface area contributed by atoms with Gasteiger partial charge in [0, 0.05) is 23.4 Å². The topological polar surface area (TPSA) is 66.4 Å². The number of carbonyl (C=O) groups is 2. The zero-order chi connectivity index (χ0) is 16.6. The average molecular weight is 323 g/mol. The molecule has 0 heterocycles. The molecular weight excluding hydrogens is 304 g/mol. The number of rotatable bonds is 4. The van der Waals surface area contributed by atoms with E-state index in [1.807, 2.05) is 0 Å². The highest BCUT2D eigenvalue weighted by molar-refractivity contribution is 5.83. The summed E-state index contributed by atoms with van der Waals surface area (Å²) in [5, 5.41) is 11.9. The number of nitrogens with one attached hydrogen (secondary N) is 1. The Morgan fingerprint density at radius 2 is 1.70 bits per heavy atom. The maximum Gasteiger partial charge on any atom is 0.306 e. The molecule has 1 amide bonds. The normalized spacial score (nSPS) is 29.8. The van der Waals surface area contributed by atoms with Gasteiger partial charge in [-0.25, -0.2) is 8.78 Å². The van der Waals surface area contributed by atoms with E-state index in [1.54, 1.807) is 0 Å². The van der Waals surface area contributed by atoms with Gasteiger partial charge in [0.1, 0.15) is 11.6 Å². The lowest BCUT2D eigenvalue weighted by atomic mass is 9.86. The molecule has 4 nitrogen and oxygen atoms in total. The van der Waals surface area contributed by atoms with Crippen LogP contribution in [0.3, 0.4) is 0 Å². The Balaban J connectivity index is 1.54. The van der Waals surface area contributed by atoms with Crippen LogP contribution in [0.5, 0.6) is 0 Å². The molecule has 2 aliphatic carbocycles. The Morgan fingerprint density at radius 1 is 1.09 bits per heavy atom. The van der Waals surface area contributed by atoms with Crippen molar-refractivity contribution in [2.75, 3.05) is 0 Å². The number of carboxylic acid groups (broad SMARTS) is 1. The van der Waals surface area contributed by atoms with E-state index in [1.165, 1.54) is 18.2 Å². The Labute approximate surface area is 132 Å². The summed E-state index contributed by atoms with van der Waals surface area (Å²) in [7, 11) is 0. The molecule has 1 aromatic carbocycles. The molecule has 0 saturated heterocycles. The minimum Gasteiger partial charge on any atom is -0.481 e. The molecule has 0 radical (unpaired) electrons. The number of aliphatic carboxylic acids is 1. The fourth-order valence-corrected chi connectivity index (χ4v) is 3.46. The van der Waals surface area contributed by atoms with E-state index in [0.29, 0.717) is 32.1 Å². The van der Waals surface area contributed by atoms with Crippen molar-refractivity contribution in [1.29, 1.82) is 0 Å². The summed E-state index contributed by atoms with van der Waals surface area (Å²) in [6.45, 7) is 0. The first kappa shape index (κ1) is 15.9. The Hall–Kier alpha value is -1.98. The molecule has 1 aromatic rings. The minimum atomic E-state index is -0.785. The van der Waals surface area contributed by atoms with Crippen molar-refractivity contribution in [2.45, 2.75) is 44.1 Å². The quantitative estimate of drug-likeness (QED) is 0.895. The van der Waals surface area contributed by atoms with Crippen molar-refractivity contribution in [1.82, 2.24) is 5.32 Å². The van der Waals surface area contributed by atoms with Gasteiger partial charge in [0.25, 0.3) is 0 Å². The van der Waals surface area contributed by atoms with Crippen molar-refractivity contribution in [3.8, 4) is 0 Å². The summed E-state index contributed by atoms with van der Waals surface area (Å²) < 4.78 is 27.5. The second kappa shape index (κ2) is 6.26. The second-order valence-corrected chi connectivity index (χ2v) is 6.48. The van der Waals surface area contributed by atoms with Gasteiger partial charge in [-0.1, -0.05) is 6.07 Å². The van der Waals surface area contributed by atoms with Gasteiger partial charge in [0.05, 0.1) is 5.92 Å². The first-order valence-electron chi connectivity index (χ1n) is 7.94. The van der Waals surface area contributed by atoms with E-state index in [2.05, 4.69) is 5.32 Å². The van der Waals surface area contributed by atoms with Crippen molar-refractivity contribution < 1.29 is 23.5 Å². The number of hydrogen-bond acceptors (Lipinski definition) is 2. The number of hydrogen-bond donors (Lipinski definition) is 2. The summed E-state index contributed by atoms with van der Waals surface area (Å²) in [6.07, 6.45) is 2.82. The fraction of sp³-hybridized carbons (Fsp3) is 0.529. The summed E-state index contributed by atoms with van der Waals surface area (Å²) in [5.41, 5.74) is 0.00207. The van der Waals surface area contributed by atoms with Crippen molar-refractivity contribution in [3.05, 3.63) is 35.4 Å². The smallest absolute Gasteiger partial charge is 0.306 e. The van der Waals surface area contributed by atoms with Crippen LogP contribution in [0.25, 0.3) is 0 Å². The lowest BCUT2D eigenvalue weighted by Crippen LogP contribution is -2.39. The molecular formula is C17H19F2NO3. The molecule has 23 heavy (non-hydrogen) atoms. The van der Waals surface area contributed by atoms with Gasteiger partial charge in [-0.2, -0.15) is 0 Å². The SMILES string of the molecule is O=C(O)C1CCC(NC(=O)[C@H]2C[C@H]2c2c(F)cccc2F)CC1. The number of carbonyl (C=O) groups excluding carboxylic acids is 1. The molecule has 124 valence electrons. The molecule has 0 bridgehead atoms.